The molecule has 1 aliphatic rings. The summed E-state index contributed by atoms with van der Waals surface area (Å²) in [5.74, 6) is -11.0. The minimum absolute atomic E-state index is 0.0754. The van der Waals surface area contributed by atoms with Gasteiger partial charge in [0.05, 0.1) is 5.56 Å². The first-order chi connectivity index (χ1) is 21.9. The average Bonchev–Trinajstić information content (AvgIpc) is 2.99. The third-order valence-electron chi connectivity index (χ3n) is 8.64. The van der Waals surface area contributed by atoms with Gasteiger partial charge in [0.2, 0.25) is 0 Å². The van der Waals surface area contributed by atoms with Crippen molar-refractivity contribution in [3.05, 3.63) is 113 Å². The van der Waals surface area contributed by atoms with Crippen LogP contribution in [0, 0.1) is 46.6 Å². The molecule has 0 aromatic heterocycles. The molecule has 5 rings (SSSR count). The minimum atomic E-state index is -4.73. The molecule has 0 heterocycles. The second-order valence-corrected chi connectivity index (χ2v) is 11.8. The Balaban J connectivity index is 1.32. The summed E-state index contributed by atoms with van der Waals surface area (Å²) in [7, 11) is 0. The van der Waals surface area contributed by atoms with E-state index in [1.807, 2.05) is 0 Å². The summed E-state index contributed by atoms with van der Waals surface area (Å²) >= 11 is 0. The van der Waals surface area contributed by atoms with Crippen LogP contribution in [-0.4, -0.2) is 0 Å². The van der Waals surface area contributed by atoms with Gasteiger partial charge in [-0.2, -0.15) is 8.78 Å². The molecule has 1 saturated carbocycles. The predicted octanol–water partition coefficient (Wildman–Crippen LogP) is 12.0. The van der Waals surface area contributed by atoms with Crippen LogP contribution in [0.2, 0.25) is 0 Å². The molecule has 0 aliphatic heterocycles. The van der Waals surface area contributed by atoms with E-state index < -0.39 is 58.1 Å². The lowest BCUT2D eigenvalue weighted by Crippen LogP contribution is -2.25. The average molecular weight is 651 g/mol. The van der Waals surface area contributed by atoms with Crippen LogP contribution in [0.25, 0.3) is 22.3 Å². The van der Waals surface area contributed by atoms with Crippen molar-refractivity contribution in [1.29, 1.82) is 0 Å². The number of rotatable bonds is 10. The fraction of sp³-hybridized carbons (Fsp3) is 0.333. The Morgan fingerprint density at radius 3 is 1.72 bits per heavy atom. The summed E-state index contributed by atoms with van der Waals surface area (Å²) in [4.78, 5) is 0. The molecule has 0 bridgehead atoms. The largest absolute Gasteiger partial charge is 0.432 e. The number of halogens is 9. The second kappa shape index (κ2) is 13.8. The number of hydrogen-bond acceptors (Lipinski definition) is 1. The zero-order valence-corrected chi connectivity index (χ0v) is 24.9. The number of alkyl halides is 2. The summed E-state index contributed by atoms with van der Waals surface area (Å²) in [6.07, 6.45) is 3.83. The Bertz CT molecular complexity index is 1620. The molecule has 0 atom stereocenters. The predicted molar refractivity (Wildman–Crippen MR) is 157 cm³/mol. The van der Waals surface area contributed by atoms with Gasteiger partial charge in [-0.15, -0.1) is 0 Å². The first-order valence-corrected chi connectivity index (χ1v) is 15.2. The third-order valence-corrected chi connectivity index (χ3v) is 8.64. The van der Waals surface area contributed by atoms with Crippen molar-refractivity contribution in [2.45, 2.75) is 70.3 Å². The van der Waals surface area contributed by atoms with Gasteiger partial charge in [0.15, 0.2) is 17.5 Å². The van der Waals surface area contributed by atoms with E-state index in [9.17, 15) is 30.7 Å². The third kappa shape index (κ3) is 7.21. The molecule has 4 aromatic rings. The smallest absolute Gasteiger partial charge is 0.429 e. The summed E-state index contributed by atoms with van der Waals surface area (Å²) < 4.78 is 134. The second-order valence-electron chi connectivity index (χ2n) is 11.8. The van der Waals surface area contributed by atoms with Gasteiger partial charge in [-0.3, -0.25) is 0 Å². The van der Waals surface area contributed by atoms with Crippen molar-refractivity contribution in [1.82, 2.24) is 0 Å². The summed E-state index contributed by atoms with van der Waals surface area (Å²) in [5.41, 5.74) is -1.35. The van der Waals surface area contributed by atoms with E-state index in [2.05, 4.69) is 11.7 Å². The quantitative estimate of drug-likeness (QED) is 0.0943. The molecule has 0 unspecified atom stereocenters. The number of ether oxygens (including phenoxy) is 1. The number of hydrogen-bond donors (Lipinski definition) is 0. The van der Waals surface area contributed by atoms with Gasteiger partial charge < -0.3 is 4.74 Å². The fourth-order valence-electron chi connectivity index (χ4n) is 6.21. The van der Waals surface area contributed by atoms with E-state index in [0.29, 0.717) is 23.6 Å². The lowest BCUT2D eigenvalue weighted by atomic mass is 9.77. The molecule has 1 fully saturated rings. The first kappa shape index (κ1) is 33.4. The minimum Gasteiger partial charge on any atom is -0.429 e. The monoisotopic (exact) mass is 650 g/mol. The molecule has 0 spiro atoms. The molecule has 1 nitrogen and oxygen atoms in total. The van der Waals surface area contributed by atoms with Crippen LogP contribution in [0.15, 0.2) is 60.7 Å². The molecule has 244 valence electrons. The molecule has 4 aromatic carbocycles. The maximum Gasteiger partial charge on any atom is 0.432 e. The van der Waals surface area contributed by atoms with E-state index in [-0.39, 0.29) is 40.3 Å². The van der Waals surface area contributed by atoms with Gasteiger partial charge in [-0.25, -0.2) is 30.7 Å². The lowest BCUT2D eigenvalue weighted by molar-refractivity contribution is -0.189. The van der Waals surface area contributed by atoms with Crippen LogP contribution < -0.4 is 4.74 Å². The summed E-state index contributed by atoms with van der Waals surface area (Å²) in [6, 6.07) is 9.45. The van der Waals surface area contributed by atoms with Crippen molar-refractivity contribution in [3.63, 3.8) is 0 Å². The molecule has 10 heteroatoms. The van der Waals surface area contributed by atoms with E-state index in [1.54, 1.807) is 0 Å². The normalized spacial score (nSPS) is 16.9. The highest BCUT2D eigenvalue weighted by atomic mass is 19.3. The highest BCUT2D eigenvalue weighted by Crippen LogP contribution is 2.41. The van der Waals surface area contributed by atoms with Gasteiger partial charge in [-0.05, 0) is 84.0 Å². The zero-order valence-electron chi connectivity index (χ0n) is 24.9. The van der Waals surface area contributed by atoms with Gasteiger partial charge in [0.25, 0.3) is 0 Å². The Morgan fingerprint density at radius 1 is 0.630 bits per heavy atom. The van der Waals surface area contributed by atoms with Crippen LogP contribution in [0.3, 0.4) is 0 Å². The summed E-state index contributed by atoms with van der Waals surface area (Å²) in [5, 5.41) is 0. The molecule has 46 heavy (non-hydrogen) atoms. The van der Waals surface area contributed by atoms with Gasteiger partial charge in [-0.1, -0.05) is 56.9 Å². The molecular formula is C36H31F9O. The summed E-state index contributed by atoms with van der Waals surface area (Å²) in [6.45, 7) is 2.17. The maximum absolute atomic E-state index is 15.3. The molecule has 1 aliphatic carbocycles. The fourth-order valence-corrected chi connectivity index (χ4v) is 6.21. The standard InChI is InChI=1S/C36H31F9O/c1-2-3-4-5-20-6-8-21(9-7-20)24-14-27(37)33(28(38)15-24)23-12-10-22(11-13-23)25-16-29(39)34(30(40)17-25)36(44,45)46-26-18-31(41)35(43)32(42)19-26/h10-21H,2-9H2,1H3. The van der Waals surface area contributed by atoms with Gasteiger partial charge in [0.1, 0.15) is 34.6 Å². The van der Waals surface area contributed by atoms with Crippen molar-refractivity contribution >= 4 is 0 Å². The van der Waals surface area contributed by atoms with E-state index in [0.717, 1.165) is 25.7 Å². The Labute approximate surface area is 261 Å². The van der Waals surface area contributed by atoms with Crippen molar-refractivity contribution < 1.29 is 44.3 Å². The SMILES string of the molecule is CCCCCC1CCC(c2cc(F)c(-c3ccc(-c4cc(F)c(C(F)(F)Oc5cc(F)c(F)c(F)c5)c(F)c4)cc3)c(F)c2)CC1. The van der Waals surface area contributed by atoms with Crippen molar-refractivity contribution in [3.8, 4) is 28.0 Å². The zero-order chi connectivity index (χ0) is 33.2. The first-order valence-electron chi connectivity index (χ1n) is 15.2. The number of benzene rings is 4. The van der Waals surface area contributed by atoms with Gasteiger partial charge >= 0.3 is 6.11 Å². The Kier molecular flexibility index (Phi) is 10.0. The molecule has 0 N–H and O–H groups in total. The Morgan fingerprint density at radius 2 is 1.17 bits per heavy atom. The van der Waals surface area contributed by atoms with Gasteiger partial charge in [0, 0.05) is 12.1 Å². The highest BCUT2D eigenvalue weighted by Gasteiger charge is 2.41. The lowest BCUT2D eigenvalue weighted by Gasteiger charge is -2.29. The molecule has 0 radical (unpaired) electrons. The Hall–Kier alpha value is -3.95. The van der Waals surface area contributed by atoms with Crippen LogP contribution in [0.5, 0.6) is 5.75 Å². The topological polar surface area (TPSA) is 9.23 Å². The van der Waals surface area contributed by atoms with Crippen LogP contribution in [0.4, 0.5) is 39.5 Å². The van der Waals surface area contributed by atoms with Crippen LogP contribution in [0.1, 0.15) is 75.3 Å². The van der Waals surface area contributed by atoms with E-state index >= 15 is 8.78 Å². The molecule has 0 amide bonds. The maximum atomic E-state index is 15.3. The molecular weight excluding hydrogens is 619 g/mol. The van der Waals surface area contributed by atoms with Crippen molar-refractivity contribution in [2.75, 3.05) is 0 Å². The molecule has 0 saturated heterocycles. The van der Waals surface area contributed by atoms with Crippen LogP contribution in [-0.2, 0) is 6.11 Å². The highest BCUT2D eigenvalue weighted by molar-refractivity contribution is 5.71. The number of unbranched alkanes of at least 4 members (excludes halogenated alkanes) is 2. The van der Waals surface area contributed by atoms with Crippen LogP contribution >= 0.6 is 0 Å². The van der Waals surface area contributed by atoms with E-state index in [1.165, 1.54) is 62.1 Å². The van der Waals surface area contributed by atoms with Crippen molar-refractivity contribution in [2.24, 2.45) is 5.92 Å². The van der Waals surface area contributed by atoms with E-state index in [4.69, 9.17) is 0 Å².